The first-order chi connectivity index (χ1) is 8.24. The summed E-state index contributed by atoms with van der Waals surface area (Å²) in [6.07, 6.45) is 5.37. The van der Waals surface area contributed by atoms with E-state index in [1.807, 2.05) is 0 Å². The van der Waals surface area contributed by atoms with Crippen molar-refractivity contribution >= 4 is 5.95 Å². The van der Waals surface area contributed by atoms with Crippen LogP contribution in [0.15, 0.2) is 30.6 Å². The molecule has 1 aromatic heterocycles. The number of hydrogen-bond donors (Lipinski definition) is 1. The fourth-order valence-electron chi connectivity index (χ4n) is 1.69. The second kappa shape index (κ2) is 3.84. The third-order valence-corrected chi connectivity index (χ3v) is 2.72. The van der Waals surface area contributed by atoms with Crippen LogP contribution >= 0.6 is 0 Å². The maximum atomic E-state index is 13.6. The van der Waals surface area contributed by atoms with Gasteiger partial charge in [0, 0.05) is 24.5 Å². The van der Waals surface area contributed by atoms with Gasteiger partial charge in [-0.1, -0.05) is 0 Å². The summed E-state index contributed by atoms with van der Waals surface area (Å²) in [5.74, 6) is -0.382. The van der Waals surface area contributed by atoms with Crippen molar-refractivity contribution in [3.63, 3.8) is 0 Å². The Hall–Kier alpha value is -1.91. The van der Waals surface area contributed by atoms with Gasteiger partial charge < -0.3 is 5.32 Å². The Morgan fingerprint density at radius 1 is 1.29 bits per heavy atom. The summed E-state index contributed by atoms with van der Waals surface area (Å²) in [6.45, 7) is 0. The van der Waals surface area contributed by atoms with Gasteiger partial charge in [-0.3, -0.25) is 4.57 Å². The minimum absolute atomic E-state index is 0.172. The molecule has 17 heavy (non-hydrogen) atoms. The number of nitrogens with one attached hydrogen (secondary N) is 1. The van der Waals surface area contributed by atoms with Gasteiger partial charge in [0.1, 0.15) is 11.6 Å². The zero-order valence-corrected chi connectivity index (χ0v) is 9.03. The summed E-state index contributed by atoms with van der Waals surface area (Å²) in [7, 11) is 0. The first-order valence-electron chi connectivity index (χ1n) is 5.49. The zero-order chi connectivity index (χ0) is 11.8. The molecule has 1 aliphatic rings. The molecule has 0 saturated heterocycles. The van der Waals surface area contributed by atoms with E-state index in [1.54, 1.807) is 12.4 Å². The van der Waals surface area contributed by atoms with Crippen LogP contribution in [0.25, 0.3) is 5.69 Å². The summed E-state index contributed by atoms with van der Waals surface area (Å²) < 4.78 is 28.3. The standard InChI is InChI=1S/C12H11F2N3/c13-8-1-4-10(14)11(7-8)17-6-5-15-12(17)16-9-2-3-9/h1,4-7,9H,2-3H2,(H,15,16). The Kier molecular flexibility index (Phi) is 2.31. The SMILES string of the molecule is Fc1ccc(F)c(-n2ccnc2NC2CC2)c1. The van der Waals surface area contributed by atoms with E-state index in [9.17, 15) is 8.78 Å². The van der Waals surface area contributed by atoms with E-state index >= 15 is 0 Å². The van der Waals surface area contributed by atoms with Gasteiger partial charge in [0.25, 0.3) is 0 Å². The molecule has 1 saturated carbocycles. The molecule has 2 aromatic rings. The summed E-state index contributed by atoms with van der Waals surface area (Å²) in [5, 5.41) is 3.17. The minimum atomic E-state index is -0.469. The molecule has 0 aliphatic heterocycles. The number of nitrogens with zero attached hydrogens (tertiary/aromatic N) is 2. The maximum absolute atomic E-state index is 13.6. The molecule has 3 rings (SSSR count). The molecule has 1 aliphatic carbocycles. The quantitative estimate of drug-likeness (QED) is 0.886. The van der Waals surface area contributed by atoms with E-state index in [0.29, 0.717) is 12.0 Å². The smallest absolute Gasteiger partial charge is 0.207 e. The second-order valence-corrected chi connectivity index (χ2v) is 4.14. The maximum Gasteiger partial charge on any atom is 0.207 e. The second-order valence-electron chi connectivity index (χ2n) is 4.14. The predicted molar refractivity (Wildman–Crippen MR) is 60.1 cm³/mol. The molecule has 3 nitrogen and oxygen atoms in total. The predicted octanol–water partition coefficient (Wildman–Crippen LogP) is 2.72. The molecule has 88 valence electrons. The van der Waals surface area contributed by atoms with Crippen LogP contribution in [-0.4, -0.2) is 15.6 Å². The lowest BCUT2D eigenvalue weighted by Gasteiger charge is -2.09. The molecule has 1 fully saturated rings. The Morgan fingerprint density at radius 3 is 2.88 bits per heavy atom. The number of imidazole rings is 1. The number of benzene rings is 1. The Bertz CT molecular complexity index is 546. The van der Waals surface area contributed by atoms with Gasteiger partial charge in [-0.2, -0.15) is 0 Å². The fourth-order valence-corrected chi connectivity index (χ4v) is 1.69. The Morgan fingerprint density at radius 2 is 2.12 bits per heavy atom. The average Bonchev–Trinajstić information content (AvgIpc) is 3.00. The normalized spacial score (nSPS) is 14.9. The van der Waals surface area contributed by atoms with Crippen molar-refractivity contribution in [2.75, 3.05) is 5.32 Å². The average molecular weight is 235 g/mol. The highest BCUT2D eigenvalue weighted by Crippen LogP contribution is 2.26. The highest BCUT2D eigenvalue weighted by Gasteiger charge is 2.23. The van der Waals surface area contributed by atoms with Gasteiger partial charge in [-0.25, -0.2) is 13.8 Å². The van der Waals surface area contributed by atoms with Crippen molar-refractivity contribution < 1.29 is 8.78 Å². The van der Waals surface area contributed by atoms with Crippen LogP contribution in [-0.2, 0) is 0 Å². The molecule has 0 amide bonds. The van der Waals surface area contributed by atoms with Gasteiger partial charge in [0.05, 0.1) is 5.69 Å². The van der Waals surface area contributed by atoms with Crippen molar-refractivity contribution in [1.29, 1.82) is 0 Å². The van der Waals surface area contributed by atoms with Crippen LogP contribution < -0.4 is 5.32 Å². The summed E-state index contributed by atoms with van der Waals surface area (Å²) in [4.78, 5) is 4.11. The van der Waals surface area contributed by atoms with E-state index in [-0.39, 0.29) is 5.69 Å². The van der Waals surface area contributed by atoms with Crippen LogP contribution in [0.4, 0.5) is 14.7 Å². The van der Waals surface area contributed by atoms with Gasteiger partial charge in [0.2, 0.25) is 5.95 Å². The highest BCUT2D eigenvalue weighted by molar-refractivity contribution is 5.44. The molecular weight excluding hydrogens is 224 g/mol. The van der Waals surface area contributed by atoms with E-state index in [0.717, 1.165) is 31.0 Å². The van der Waals surface area contributed by atoms with Crippen molar-refractivity contribution in [2.45, 2.75) is 18.9 Å². The van der Waals surface area contributed by atoms with Crippen LogP contribution in [0.2, 0.25) is 0 Å². The summed E-state index contributed by atoms with van der Waals surface area (Å²) in [5.41, 5.74) is 0.172. The van der Waals surface area contributed by atoms with Crippen LogP contribution in [0.5, 0.6) is 0 Å². The molecule has 5 heteroatoms. The van der Waals surface area contributed by atoms with E-state index in [4.69, 9.17) is 0 Å². The topological polar surface area (TPSA) is 29.9 Å². The Labute approximate surface area is 97.1 Å². The number of anilines is 1. The Balaban J connectivity index is 2.01. The minimum Gasteiger partial charge on any atom is -0.353 e. The highest BCUT2D eigenvalue weighted by atomic mass is 19.1. The van der Waals surface area contributed by atoms with E-state index < -0.39 is 11.6 Å². The largest absolute Gasteiger partial charge is 0.353 e. The molecule has 0 atom stereocenters. The first-order valence-corrected chi connectivity index (χ1v) is 5.49. The third-order valence-electron chi connectivity index (χ3n) is 2.72. The van der Waals surface area contributed by atoms with Gasteiger partial charge in [-0.15, -0.1) is 0 Å². The zero-order valence-electron chi connectivity index (χ0n) is 9.03. The van der Waals surface area contributed by atoms with Gasteiger partial charge >= 0.3 is 0 Å². The lowest BCUT2D eigenvalue weighted by atomic mass is 10.3. The van der Waals surface area contributed by atoms with Gasteiger partial charge in [0.15, 0.2) is 0 Å². The molecule has 1 N–H and O–H groups in total. The van der Waals surface area contributed by atoms with Crippen molar-refractivity contribution in [2.24, 2.45) is 0 Å². The van der Waals surface area contributed by atoms with Crippen molar-refractivity contribution in [1.82, 2.24) is 9.55 Å². The molecule has 0 bridgehead atoms. The van der Waals surface area contributed by atoms with Gasteiger partial charge in [-0.05, 0) is 25.0 Å². The molecule has 0 unspecified atom stereocenters. The summed E-state index contributed by atoms with van der Waals surface area (Å²) in [6, 6.07) is 3.79. The lowest BCUT2D eigenvalue weighted by molar-refractivity contribution is 0.593. The number of aromatic nitrogens is 2. The molecule has 0 radical (unpaired) electrons. The molecular formula is C12H11F2N3. The van der Waals surface area contributed by atoms with E-state index in [1.165, 1.54) is 4.57 Å². The molecule has 1 heterocycles. The van der Waals surface area contributed by atoms with Crippen LogP contribution in [0, 0.1) is 11.6 Å². The van der Waals surface area contributed by atoms with Crippen molar-refractivity contribution in [3.05, 3.63) is 42.2 Å². The number of rotatable bonds is 3. The van der Waals surface area contributed by atoms with Crippen LogP contribution in [0.3, 0.4) is 0 Å². The number of halogens is 2. The third kappa shape index (κ3) is 2.00. The van der Waals surface area contributed by atoms with Crippen molar-refractivity contribution in [3.8, 4) is 5.69 Å². The fraction of sp³-hybridized carbons (Fsp3) is 0.250. The molecule has 1 aromatic carbocycles. The van der Waals surface area contributed by atoms with E-state index in [2.05, 4.69) is 10.3 Å². The monoisotopic (exact) mass is 235 g/mol. The molecule has 0 spiro atoms. The lowest BCUT2D eigenvalue weighted by Crippen LogP contribution is -2.08. The summed E-state index contributed by atoms with van der Waals surface area (Å²) >= 11 is 0. The number of hydrogen-bond acceptors (Lipinski definition) is 2. The first kappa shape index (κ1) is 10.3. The van der Waals surface area contributed by atoms with Crippen LogP contribution in [0.1, 0.15) is 12.8 Å².